The Morgan fingerprint density at radius 2 is 1.37 bits per heavy atom. The van der Waals surface area contributed by atoms with E-state index in [0.29, 0.717) is 31.8 Å². The summed E-state index contributed by atoms with van der Waals surface area (Å²) < 4.78 is 19.0. The van der Waals surface area contributed by atoms with Gasteiger partial charge in [-0.2, -0.15) is 0 Å². The van der Waals surface area contributed by atoms with Crippen LogP contribution in [0.1, 0.15) is 156 Å². The molecule has 1 aromatic rings. The van der Waals surface area contributed by atoms with Gasteiger partial charge in [-0.25, -0.2) is 14.2 Å². The smallest absolute Gasteiger partial charge is 0.407 e. The number of aryl methyl sites for hydroxylation is 1. The molecule has 0 aromatic carbocycles. The average molecular weight is 710 g/mol. The van der Waals surface area contributed by atoms with E-state index in [0.717, 1.165) is 19.3 Å². The van der Waals surface area contributed by atoms with Crippen LogP contribution >= 0.6 is 0 Å². The molecule has 1 aromatic heterocycles. The second-order valence-corrected chi connectivity index (χ2v) is 14.8. The Labute approximate surface area is 303 Å². The Balaban J connectivity index is 0.0000120. The molecule has 49 heavy (non-hydrogen) atoms. The third kappa shape index (κ3) is 15.7. The summed E-state index contributed by atoms with van der Waals surface area (Å²) in [4.78, 5) is 39.8. The molecule has 2 atom stereocenters. The van der Waals surface area contributed by atoms with Gasteiger partial charge >= 0.3 is 12.1 Å². The highest BCUT2D eigenvalue weighted by atomic mass is 35.5. The monoisotopic (exact) mass is 709 g/mol. The van der Waals surface area contributed by atoms with Crippen molar-refractivity contribution in [3.05, 3.63) is 30.1 Å². The molecule has 10 heteroatoms. The number of ketones is 1. The Kier molecular flexibility index (Phi) is 22.0. The summed E-state index contributed by atoms with van der Waals surface area (Å²) in [5.41, 5.74) is 3.16. The first-order valence-corrected chi connectivity index (χ1v) is 19.0. The number of halogens is 1. The highest BCUT2D eigenvalue weighted by Gasteiger charge is 2.55. The summed E-state index contributed by atoms with van der Waals surface area (Å²) >= 11 is 0. The topological polar surface area (TPSA) is 121 Å². The van der Waals surface area contributed by atoms with Crippen LogP contribution in [0.5, 0.6) is 0 Å². The van der Waals surface area contributed by atoms with Gasteiger partial charge in [0, 0.05) is 30.7 Å². The molecule has 0 saturated carbocycles. The van der Waals surface area contributed by atoms with Gasteiger partial charge in [-0.15, -0.1) is 0 Å². The Morgan fingerprint density at radius 3 is 1.86 bits per heavy atom. The van der Waals surface area contributed by atoms with Gasteiger partial charge in [0.1, 0.15) is 25.4 Å². The van der Waals surface area contributed by atoms with Gasteiger partial charge in [0.25, 0.3) is 5.54 Å². The molecule has 0 bridgehead atoms. The number of unbranched alkanes of at least 4 members (excludes halogenated alkanes) is 15. The second kappa shape index (κ2) is 24.0. The summed E-state index contributed by atoms with van der Waals surface area (Å²) in [6, 6.07) is 5.26. The number of pyridine rings is 1. The first-order valence-electron chi connectivity index (χ1n) is 19.0. The van der Waals surface area contributed by atoms with Crippen molar-refractivity contribution in [3.63, 3.8) is 0 Å². The lowest BCUT2D eigenvalue weighted by Crippen LogP contribution is -3.00. The summed E-state index contributed by atoms with van der Waals surface area (Å²) in [5, 5.41) is 2.84. The second-order valence-electron chi connectivity index (χ2n) is 14.8. The zero-order chi connectivity index (χ0) is 35.3. The van der Waals surface area contributed by atoms with E-state index in [-0.39, 0.29) is 25.6 Å². The van der Waals surface area contributed by atoms with E-state index in [1.165, 1.54) is 89.9 Å². The maximum Gasteiger partial charge on any atom is 0.407 e. The minimum absolute atomic E-state index is 0. The number of Topliss-reactive ketones (excluding diaryl/α,β-unsaturated/α-hetero) is 1. The fourth-order valence-electron chi connectivity index (χ4n) is 6.46. The van der Waals surface area contributed by atoms with Crippen LogP contribution in [-0.4, -0.2) is 49.8 Å². The number of nitrogens with zero attached hydrogens (tertiary/aromatic N) is 1. The van der Waals surface area contributed by atoms with E-state index in [2.05, 4.69) is 12.2 Å². The molecule has 0 spiro atoms. The number of amides is 1. The lowest BCUT2D eigenvalue weighted by molar-refractivity contribution is -0.702. The molecule has 1 aliphatic rings. The fraction of sp³-hybridized carbons (Fsp3) is 0.795. The average Bonchev–Trinajstić information content (AvgIpc) is 3.55. The van der Waals surface area contributed by atoms with Gasteiger partial charge < -0.3 is 37.7 Å². The van der Waals surface area contributed by atoms with Crippen LogP contribution in [0.2, 0.25) is 0 Å². The first kappa shape index (κ1) is 44.8. The number of carbonyl (C=O) groups is 3. The summed E-state index contributed by atoms with van der Waals surface area (Å²) in [6.45, 7) is 10.7. The van der Waals surface area contributed by atoms with Crippen molar-refractivity contribution < 1.29 is 45.6 Å². The lowest BCUT2D eigenvalue weighted by atomic mass is 9.76. The van der Waals surface area contributed by atoms with Crippen LogP contribution in [0.25, 0.3) is 0 Å². The van der Waals surface area contributed by atoms with Crippen molar-refractivity contribution in [1.29, 1.82) is 0 Å². The summed E-state index contributed by atoms with van der Waals surface area (Å²) in [6.07, 6.45) is 23.4. The van der Waals surface area contributed by atoms with E-state index >= 15 is 0 Å². The molecule has 282 valence electrons. The molecule has 3 N–H and O–H groups in total. The maximum atomic E-state index is 13.7. The number of nitrogens with two attached hydrogens (primary N) is 1. The number of aromatic nitrogens is 1. The molecule has 2 unspecified atom stereocenters. The Morgan fingerprint density at radius 1 is 0.837 bits per heavy atom. The van der Waals surface area contributed by atoms with Crippen molar-refractivity contribution in [3.8, 4) is 0 Å². The molecule has 1 aliphatic heterocycles. The van der Waals surface area contributed by atoms with E-state index in [1.54, 1.807) is 43.7 Å². The van der Waals surface area contributed by atoms with Crippen molar-refractivity contribution in [1.82, 2.24) is 5.32 Å². The normalized spacial score (nSPS) is 17.2. The van der Waals surface area contributed by atoms with Crippen molar-refractivity contribution in [2.45, 2.75) is 168 Å². The molecular formula is C39H68ClN3O6. The molecular weight excluding hydrogens is 642 g/mol. The third-order valence-electron chi connectivity index (χ3n) is 9.46. The predicted molar refractivity (Wildman–Crippen MR) is 190 cm³/mol. The van der Waals surface area contributed by atoms with Crippen molar-refractivity contribution in [2.75, 3.05) is 26.4 Å². The quantitative estimate of drug-likeness (QED) is 0.0645. The minimum atomic E-state index is -2.01. The van der Waals surface area contributed by atoms with Crippen LogP contribution in [-0.2, 0) is 35.9 Å². The van der Waals surface area contributed by atoms with Crippen LogP contribution in [0.4, 0.5) is 4.79 Å². The van der Waals surface area contributed by atoms with E-state index in [1.807, 2.05) is 13.0 Å². The van der Waals surface area contributed by atoms with Gasteiger partial charge in [-0.1, -0.05) is 130 Å². The van der Waals surface area contributed by atoms with E-state index in [4.69, 9.17) is 19.9 Å². The molecule has 0 aliphatic carbocycles. The predicted octanol–water partition coefficient (Wildman–Crippen LogP) is 4.85. The number of carbonyl (C=O) groups excluding carboxylic acids is 3. The van der Waals surface area contributed by atoms with Crippen LogP contribution in [0.3, 0.4) is 0 Å². The van der Waals surface area contributed by atoms with E-state index in [9.17, 15) is 14.4 Å². The number of nitrogens with one attached hydrogen (secondary N) is 1. The van der Waals surface area contributed by atoms with Crippen molar-refractivity contribution in [2.24, 2.45) is 11.1 Å². The van der Waals surface area contributed by atoms with Crippen LogP contribution < -0.4 is 28.0 Å². The van der Waals surface area contributed by atoms with Gasteiger partial charge in [-0.05, 0) is 26.2 Å². The van der Waals surface area contributed by atoms with Crippen LogP contribution in [0.15, 0.2) is 24.4 Å². The lowest BCUT2D eigenvalue weighted by Gasteiger charge is -2.32. The van der Waals surface area contributed by atoms with Gasteiger partial charge in [-0.3, -0.25) is 4.79 Å². The molecule has 0 radical (unpaired) electrons. The van der Waals surface area contributed by atoms with Gasteiger partial charge in [0.05, 0.1) is 0 Å². The maximum absolute atomic E-state index is 13.7. The van der Waals surface area contributed by atoms with Gasteiger partial charge in [0.15, 0.2) is 12.0 Å². The molecule has 1 amide bonds. The zero-order valence-electron chi connectivity index (χ0n) is 31.4. The molecule has 9 nitrogen and oxygen atoms in total. The number of rotatable bonds is 25. The number of alkyl carbamates (subject to hydrolysis) is 1. The third-order valence-corrected chi connectivity index (χ3v) is 9.46. The van der Waals surface area contributed by atoms with Crippen LogP contribution in [0, 0.1) is 5.41 Å². The summed E-state index contributed by atoms with van der Waals surface area (Å²) in [7, 11) is 0. The summed E-state index contributed by atoms with van der Waals surface area (Å²) in [5.74, 6) is -1.29. The number of hydrogen-bond donors (Lipinski definition) is 2. The Bertz CT molecular complexity index is 1090. The van der Waals surface area contributed by atoms with E-state index < -0.39 is 34.4 Å². The zero-order valence-corrected chi connectivity index (χ0v) is 32.2. The minimum Gasteiger partial charge on any atom is -1.00 e. The first-order chi connectivity index (χ1) is 23.0. The highest BCUT2D eigenvalue weighted by Crippen LogP contribution is 2.31. The molecule has 2 heterocycles. The molecule has 1 saturated heterocycles. The molecule has 2 rings (SSSR count). The SMILES string of the molecule is CCCCCCCCCCCCCCCCCCNC(=O)OCC1(COC(=O)C(N)(C(=O)C(C)(C)C)c2cccc[n+]2CC)CCCO1.[Cl-]. The highest BCUT2D eigenvalue weighted by molar-refractivity contribution is 6.10. The van der Waals surface area contributed by atoms with Gasteiger partial charge in [0.2, 0.25) is 5.69 Å². The number of ether oxygens (including phenoxy) is 3. The van der Waals surface area contributed by atoms with Crippen molar-refractivity contribution >= 4 is 17.8 Å². The largest absolute Gasteiger partial charge is 1.00 e. The standard InChI is InChI=1S/C39H67N3O6.ClH/c1-6-8-9-10-11-12-13-14-15-16-17-18-19-20-21-23-28-41-36(45)47-32-38(27-25-30-48-38)31-46-35(44)39(40,34(43)37(3,4)5)33-26-22-24-29-42(33)7-2;/h22,24,26,29H,6-21,23,25,27-28,30-32,40H2,1-5H3;1H. The number of hydrogen-bond acceptors (Lipinski definition) is 7. The number of esters is 1. The molecule has 1 fully saturated rings. The fourth-order valence-corrected chi connectivity index (χ4v) is 6.46. The Hall–Kier alpha value is -2.23.